The molecular formula is C26H26O4. The highest BCUT2D eigenvalue weighted by molar-refractivity contribution is 5.95. The van der Waals surface area contributed by atoms with Crippen molar-refractivity contribution < 1.29 is 19.1 Å². The molecule has 1 aliphatic carbocycles. The number of ether oxygens (including phenoxy) is 2. The summed E-state index contributed by atoms with van der Waals surface area (Å²) in [4.78, 5) is 24.8. The Balaban J connectivity index is 1.86. The Morgan fingerprint density at radius 2 is 1.50 bits per heavy atom. The molecule has 3 aromatic carbocycles. The van der Waals surface area contributed by atoms with Crippen LogP contribution in [0.1, 0.15) is 41.9 Å². The number of methoxy groups -OCH3 is 2. The Morgan fingerprint density at radius 3 is 2.17 bits per heavy atom. The van der Waals surface area contributed by atoms with Crippen molar-refractivity contribution in [2.45, 2.75) is 25.2 Å². The van der Waals surface area contributed by atoms with Crippen LogP contribution in [0.2, 0.25) is 0 Å². The minimum absolute atomic E-state index is 0.0273. The molecule has 4 heteroatoms. The van der Waals surface area contributed by atoms with Crippen molar-refractivity contribution in [2.24, 2.45) is 11.8 Å². The number of hydrogen-bond donors (Lipinski definition) is 0. The summed E-state index contributed by atoms with van der Waals surface area (Å²) in [7, 11) is 2.62. The van der Waals surface area contributed by atoms with Crippen molar-refractivity contribution in [3.05, 3.63) is 83.4 Å². The first-order valence-electron chi connectivity index (χ1n) is 10.3. The lowest BCUT2D eigenvalue weighted by molar-refractivity contribution is -0.159. The molecule has 0 bridgehead atoms. The lowest BCUT2D eigenvalue weighted by atomic mass is 9.80. The van der Waals surface area contributed by atoms with Gasteiger partial charge in [-0.1, -0.05) is 73.7 Å². The Morgan fingerprint density at radius 1 is 0.867 bits per heavy atom. The van der Waals surface area contributed by atoms with Gasteiger partial charge in [-0.2, -0.15) is 0 Å². The molecule has 3 unspecified atom stereocenters. The first-order chi connectivity index (χ1) is 14.6. The predicted octanol–water partition coefficient (Wildman–Crippen LogP) is 5.06. The molecule has 0 radical (unpaired) electrons. The van der Waals surface area contributed by atoms with Crippen molar-refractivity contribution in [3.63, 3.8) is 0 Å². The lowest BCUT2D eigenvalue weighted by Gasteiger charge is -2.24. The van der Waals surface area contributed by atoms with Crippen molar-refractivity contribution in [1.82, 2.24) is 0 Å². The van der Waals surface area contributed by atoms with Gasteiger partial charge in [-0.15, -0.1) is 0 Å². The van der Waals surface area contributed by atoms with Gasteiger partial charge < -0.3 is 9.47 Å². The number of esters is 2. The van der Waals surface area contributed by atoms with Crippen molar-refractivity contribution >= 4 is 22.7 Å². The van der Waals surface area contributed by atoms with Gasteiger partial charge in [-0.3, -0.25) is 9.59 Å². The van der Waals surface area contributed by atoms with E-state index in [9.17, 15) is 9.59 Å². The average Bonchev–Trinajstić information content (AvgIpc) is 3.08. The Hall–Kier alpha value is -3.14. The molecular weight excluding hydrogens is 376 g/mol. The Bertz CT molecular complexity index is 1060. The largest absolute Gasteiger partial charge is 0.468 e. The summed E-state index contributed by atoms with van der Waals surface area (Å²) >= 11 is 0. The summed E-state index contributed by atoms with van der Waals surface area (Å²) < 4.78 is 9.86. The summed E-state index contributed by atoms with van der Waals surface area (Å²) in [6.07, 6.45) is 0.366. The highest BCUT2D eigenvalue weighted by Crippen LogP contribution is 2.54. The van der Waals surface area contributed by atoms with E-state index >= 15 is 0 Å². The van der Waals surface area contributed by atoms with E-state index < -0.39 is 17.9 Å². The molecule has 0 heterocycles. The number of fused-ring (bicyclic) bond motifs is 3. The van der Waals surface area contributed by atoms with Gasteiger partial charge in [0.2, 0.25) is 0 Å². The fourth-order valence-electron chi connectivity index (χ4n) is 5.08. The maximum atomic E-state index is 12.4. The fourth-order valence-corrected chi connectivity index (χ4v) is 5.08. The molecule has 0 spiro atoms. The van der Waals surface area contributed by atoms with Crippen LogP contribution in [0.15, 0.2) is 66.7 Å². The van der Waals surface area contributed by atoms with Crippen LogP contribution in [0, 0.1) is 11.8 Å². The second kappa shape index (κ2) is 8.31. The molecule has 3 atom stereocenters. The SMILES string of the molecule is COC(=O)C(CC1c2c(ccc3ccccc23)C(c2ccccc2)C1C)C(=O)OC. The monoisotopic (exact) mass is 402 g/mol. The first-order valence-corrected chi connectivity index (χ1v) is 10.3. The van der Waals surface area contributed by atoms with Crippen LogP contribution in [-0.2, 0) is 19.1 Å². The van der Waals surface area contributed by atoms with Crippen LogP contribution in [0.4, 0.5) is 0 Å². The van der Waals surface area contributed by atoms with E-state index in [2.05, 4.69) is 55.5 Å². The van der Waals surface area contributed by atoms with Crippen LogP contribution in [0.5, 0.6) is 0 Å². The third-order valence-corrected chi connectivity index (χ3v) is 6.49. The number of carbonyl (C=O) groups is 2. The molecule has 0 N–H and O–H groups in total. The Kier molecular flexibility index (Phi) is 5.58. The summed E-state index contributed by atoms with van der Waals surface area (Å²) in [5.74, 6) is -1.58. The van der Waals surface area contributed by atoms with Gasteiger partial charge in [0.05, 0.1) is 14.2 Å². The molecule has 0 saturated heterocycles. The van der Waals surface area contributed by atoms with Crippen LogP contribution in [0.3, 0.4) is 0 Å². The van der Waals surface area contributed by atoms with Crippen LogP contribution in [0.25, 0.3) is 10.8 Å². The quantitative estimate of drug-likeness (QED) is 0.442. The third kappa shape index (κ3) is 3.36. The number of benzene rings is 3. The van der Waals surface area contributed by atoms with E-state index in [1.54, 1.807) is 0 Å². The van der Waals surface area contributed by atoms with Gasteiger partial charge in [0.15, 0.2) is 5.92 Å². The second-order valence-electron chi connectivity index (χ2n) is 7.98. The van der Waals surface area contributed by atoms with Crippen LogP contribution >= 0.6 is 0 Å². The van der Waals surface area contributed by atoms with E-state index in [4.69, 9.17) is 9.47 Å². The van der Waals surface area contributed by atoms with E-state index in [-0.39, 0.29) is 17.8 Å². The molecule has 3 aromatic rings. The first kappa shape index (κ1) is 20.1. The van der Waals surface area contributed by atoms with Crippen LogP contribution in [-0.4, -0.2) is 26.2 Å². The maximum Gasteiger partial charge on any atom is 0.320 e. The number of hydrogen-bond acceptors (Lipinski definition) is 4. The van der Waals surface area contributed by atoms with Gasteiger partial charge in [-0.25, -0.2) is 0 Å². The standard InChI is InChI=1S/C26H26O4/c1-16-21(15-22(25(27)29-2)26(28)30-3)24-19-12-8-7-9-17(19)13-14-20(24)23(16)18-10-5-4-6-11-18/h4-14,16,21-23H,15H2,1-3H3. The molecule has 154 valence electrons. The number of rotatable bonds is 5. The van der Waals surface area contributed by atoms with E-state index in [1.165, 1.54) is 36.3 Å². The maximum absolute atomic E-state index is 12.4. The molecule has 0 saturated carbocycles. The third-order valence-electron chi connectivity index (χ3n) is 6.49. The van der Waals surface area contributed by atoms with Gasteiger partial charge in [-0.05, 0) is 45.7 Å². The molecule has 0 aliphatic heterocycles. The van der Waals surface area contributed by atoms with Gasteiger partial charge in [0.25, 0.3) is 0 Å². The van der Waals surface area contributed by atoms with E-state index in [1.807, 2.05) is 18.2 Å². The predicted molar refractivity (Wildman–Crippen MR) is 116 cm³/mol. The summed E-state index contributed by atoms with van der Waals surface area (Å²) in [5, 5.41) is 2.34. The van der Waals surface area contributed by atoms with Crippen molar-refractivity contribution in [2.75, 3.05) is 14.2 Å². The second-order valence-corrected chi connectivity index (χ2v) is 7.98. The topological polar surface area (TPSA) is 52.6 Å². The molecule has 4 nitrogen and oxygen atoms in total. The highest BCUT2D eigenvalue weighted by atomic mass is 16.5. The van der Waals surface area contributed by atoms with Gasteiger partial charge >= 0.3 is 11.9 Å². The molecule has 0 aromatic heterocycles. The zero-order valence-corrected chi connectivity index (χ0v) is 17.5. The Labute approximate surface area is 176 Å². The molecule has 0 fully saturated rings. The molecule has 1 aliphatic rings. The zero-order valence-electron chi connectivity index (χ0n) is 17.5. The van der Waals surface area contributed by atoms with Crippen molar-refractivity contribution in [1.29, 1.82) is 0 Å². The summed E-state index contributed by atoms with van der Waals surface area (Å²) in [5.41, 5.74) is 3.75. The lowest BCUT2D eigenvalue weighted by Crippen LogP contribution is -2.29. The highest BCUT2D eigenvalue weighted by Gasteiger charge is 2.43. The zero-order chi connectivity index (χ0) is 21.3. The number of carbonyl (C=O) groups excluding carboxylic acids is 2. The summed E-state index contributed by atoms with van der Waals surface area (Å²) in [6.45, 7) is 2.21. The normalized spacial score (nSPS) is 20.2. The van der Waals surface area contributed by atoms with Gasteiger partial charge in [0, 0.05) is 5.92 Å². The fraction of sp³-hybridized carbons (Fsp3) is 0.308. The average molecular weight is 402 g/mol. The van der Waals surface area contributed by atoms with Gasteiger partial charge in [0.1, 0.15) is 0 Å². The van der Waals surface area contributed by atoms with Crippen molar-refractivity contribution in [3.8, 4) is 0 Å². The summed E-state index contributed by atoms with van der Waals surface area (Å²) in [6, 6.07) is 23.1. The van der Waals surface area contributed by atoms with Crippen LogP contribution < -0.4 is 0 Å². The minimum Gasteiger partial charge on any atom is -0.468 e. The van der Waals surface area contributed by atoms with E-state index in [0.717, 1.165) is 5.39 Å². The van der Waals surface area contributed by atoms with E-state index in [0.29, 0.717) is 6.42 Å². The minimum atomic E-state index is -0.936. The molecule has 4 rings (SSSR count). The smallest absolute Gasteiger partial charge is 0.320 e. The molecule has 30 heavy (non-hydrogen) atoms. The molecule has 0 amide bonds.